The second-order valence-corrected chi connectivity index (χ2v) is 9.61. The van der Waals surface area contributed by atoms with Crippen LogP contribution in [0.2, 0.25) is 0 Å². The summed E-state index contributed by atoms with van der Waals surface area (Å²) in [6, 6.07) is 11.3. The molecule has 10 nitrogen and oxygen atoms in total. The zero-order valence-electron chi connectivity index (χ0n) is 18.7. The molecule has 3 aromatic rings. The Bertz CT molecular complexity index is 1420. The van der Waals surface area contributed by atoms with Crippen LogP contribution >= 0.6 is 0 Å². The molecule has 0 bridgehead atoms. The molecule has 4 rings (SSSR count). The van der Waals surface area contributed by atoms with Gasteiger partial charge in [-0.1, -0.05) is 54.0 Å². The first-order valence-corrected chi connectivity index (χ1v) is 11.6. The number of esters is 1. The van der Waals surface area contributed by atoms with Gasteiger partial charge in [0.05, 0.1) is 10.5 Å². The van der Waals surface area contributed by atoms with Gasteiger partial charge in [-0.25, -0.2) is 13.2 Å². The van der Waals surface area contributed by atoms with Crippen LogP contribution in [-0.4, -0.2) is 31.9 Å². The normalized spacial score (nSPS) is 16.7. The summed E-state index contributed by atoms with van der Waals surface area (Å²) in [5, 5.41) is 24.0. The van der Waals surface area contributed by atoms with E-state index in [0.717, 1.165) is 36.4 Å². The third kappa shape index (κ3) is 5.85. The van der Waals surface area contributed by atoms with Crippen LogP contribution in [0.3, 0.4) is 0 Å². The summed E-state index contributed by atoms with van der Waals surface area (Å²) in [7, 11) is -10.2. The smallest absolute Gasteiger partial charge is 0.872 e. The molecule has 1 heterocycles. The monoisotopic (exact) mass is 544 g/mol. The summed E-state index contributed by atoms with van der Waals surface area (Å²) in [4.78, 5) is 10.5. The van der Waals surface area contributed by atoms with E-state index in [1.165, 1.54) is 24.3 Å². The number of carbonyl (C=O) groups excluding carboxylic acids is 1. The van der Waals surface area contributed by atoms with Crippen molar-refractivity contribution in [1.82, 2.24) is 0 Å². The molecule has 0 radical (unpaired) electrons. The van der Waals surface area contributed by atoms with E-state index in [4.69, 9.17) is 4.74 Å². The maximum Gasteiger partial charge on any atom is 1.00 e. The van der Waals surface area contributed by atoms with Crippen LogP contribution in [0.1, 0.15) is 27.0 Å². The molecule has 1 N–H and O–H groups in total. The Kier molecular flexibility index (Phi) is 10.7. The van der Waals surface area contributed by atoms with Crippen molar-refractivity contribution >= 4 is 26.2 Å². The summed E-state index contributed by atoms with van der Waals surface area (Å²) in [5.74, 6) is -3.00. The number of fused-ring (bicyclic) bond motifs is 1. The number of benzene rings is 3. The van der Waals surface area contributed by atoms with Gasteiger partial charge < -0.3 is 19.5 Å². The molecule has 0 fully saturated rings. The van der Waals surface area contributed by atoms with Gasteiger partial charge >= 0.3 is 94.6 Å². The SMILES string of the molecule is O=C1OC(c2ccc([O-])c(S(=O)(=O)[O-])c2)(c2ccc([O-])c(S(=O)(=O)O)c2)c2ccccc21.[Na+].[Na+].[Na+]. The van der Waals surface area contributed by atoms with E-state index >= 15 is 0 Å². The Labute approximate surface area is 267 Å². The summed E-state index contributed by atoms with van der Waals surface area (Å²) >= 11 is 0. The van der Waals surface area contributed by atoms with Gasteiger partial charge in [0.2, 0.25) is 0 Å². The maximum atomic E-state index is 12.6. The van der Waals surface area contributed by atoms with Gasteiger partial charge in [-0.05, 0) is 18.2 Å². The Morgan fingerprint density at radius 1 is 0.771 bits per heavy atom. The van der Waals surface area contributed by atoms with Crippen molar-refractivity contribution in [2.24, 2.45) is 0 Å². The van der Waals surface area contributed by atoms with Gasteiger partial charge in [0.1, 0.15) is 10.1 Å². The van der Waals surface area contributed by atoms with Crippen molar-refractivity contribution in [2.75, 3.05) is 0 Å². The molecular formula is C20H11Na3O10S2. The van der Waals surface area contributed by atoms with Crippen LogP contribution in [0.4, 0.5) is 0 Å². The van der Waals surface area contributed by atoms with Crippen LogP contribution in [-0.2, 0) is 30.6 Å². The van der Waals surface area contributed by atoms with E-state index in [1.807, 2.05) is 0 Å². The average Bonchev–Trinajstić information content (AvgIpc) is 3.01. The van der Waals surface area contributed by atoms with Crippen molar-refractivity contribution in [2.45, 2.75) is 15.4 Å². The third-order valence-electron chi connectivity index (χ3n) is 5.02. The Hall–Kier alpha value is -0.450. The Morgan fingerprint density at radius 3 is 1.77 bits per heavy atom. The van der Waals surface area contributed by atoms with Crippen molar-refractivity contribution in [3.8, 4) is 11.5 Å². The van der Waals surface area contributed by atoms with Gasteiger partial charge in [-0.2, -0.15) is 8.42 Å². The first kappa shape index (κ1) is 32.6. The van der Waals surface area contributed by atoms with E-state index in [1.54, 1.807) is 0 Å². The number of carbonyl (C=O) groups is 1. The zero-order chi connectivity index (χ0) is 23.5. The number of ether oxygens (including phenoxy) is 1. The van der Waals surface area contributed by atoms with Gasteiger partial charge in [-0.15, -0.1) is 0 Å². The molecule has 3 aromatic carbocycles. The van der Waals surface area contributed by atoms with E-state index in [2.05, 4.69) is 0 Å². The number of rotatable bonds is 4. The molecule has 166 valence electrons. The summed E-state index contributed by atoms with van der Waals surface area (Å²) in [5.41, 5.74) is -2.14. The molecule has 1 aliphatic rings. The van der Waals surface area contributed by atoms with Gasteiger partial charge in [0.25, 0.3) is 10.1 Å². The number of hydrogen-bond donors (Lipinski definition) is 1. The minimum absolute atomic E-state index is 0. The first-order chi connectivity index (χ1) is 14.9. The third-order valence-corrected chi connectivity index (χ3v) is 6.75. The van der Waals surface area contributed by atoms with E-state index in [9.17, 15) is 40.9 Å². The van der Waals surface area contributed by atoms with Crippen LogP contribution < -0.4 is 98.9 Å². The van der Waals surface area contributed by atoms with Crippen molar-refractivity contribution in [3.05, 3.63) is 82.9 Å². The predicted molar refractivity (Wildman–Crippen MR) is 101 cm³/mol. The minimum atomic E-state index is -5.21. The second-order valence-electron chi connectivity index (χ2n) is 6.87. The Morgan fingerprint density at radius 2 is 1.26 bits per heavy atom. The molecule has 0 aliphatic carbocycles. The van der Waals surface area contributed by atoms with Gasteiger partial charge in [0, 0.05) is 21.6 Å². The topological polar surface area (TPSA) is 184 Å². The maximum absolute atomic E-state index is 12.6. The summed E-state index contributed by atoms with van der Waals surface area (Å²) in [6.07, 6.45) is 0. The molecule has 0 spiro atoms. The van der Waals surface area contributed by atoms with Crippen LogP contribution in [0.25, 0.3) is 0 Å². The van der Waals surface area contributed by atoms with Crippen molar-refractivity contribution in [3.63, 3.8) is 0 Å². The molecule has 0 saturated carbocycles. The standard InChI is InChI=1S/C20H14O10S2.3Na/c21-15-7-5-11(9-17(15)31(24,25)26)20(14-4-2-1-3-13(14)19(23)30-20)12-6-8-16(22)18(10-12)32(27,28)29;;;/h1-10,21-22H,(H,24,25,26)(H,27,28,29);;;/q;3*+1/p-3. The van der Waals surface area contributed by atoms with Crippen LogP contribution in [0.5, 0.6) is 11.5 Å². The Balaban J connectivity index is 0.00000204. The molecule has 1 unspecified atom stereocenters. The zero-order valence-corrected chi connectivity index (χ0v) is 26.3. The average molecular weight is 544 g/mol. The summed E-state index contributed by atoms with van der Waals surface area (Å²) in [6.45, 7) is 0. The van der Waals surface area contributed by atoms with Gasteiger partial charge in [-0.3, -0.25) is 4.55 Å². The summed E-state index contributed by atoms with van der Waals surface area (Å²) < 4.78 is 73.1. The first-order valence-electron chi connectivity index (χ1n) is 8.75. The number of cyclic esters (lactones) is 1. The molecule has 0 amide bonds. The predicted octanol–water partition coefficient (Wildman–Crippen LogP) is -8.54. The second kappa shape index (κ2) is 11.5. The fourth-order valence-electron chi connectivity index (χ4n) is 3.66. The molecule has 1 atom stereocenters. The molecule has 15 heteroatoms. The van der Waals surface area contributed by atoms with Crippen LogP contribution in [0, 0.1) is 0 Å². The van der Waals surface area contributed by atoms with Crippen molar-refractivity contribution < 1.29 is 134 Å². The molecule has 35 heavy (non-hydrogen) atoms. The minimum Gasteiger partial charge on any atom is -0.872 e. The largest absolute Gasteiger partial charge is 1.00 e. The fraction of sp³-hybridized carbons (Fsp3) is 0.0500. The molecule has 0 aromatic heterocycles. The number of hydrogen-bond acceptors (Lipinski definition) is 9. The molecule has 1 aliphatic heterocycles. The fourth-order valence-corrected chi connectivity index (χ4v) is 4.85. The van der Waals surface area contributed by atoms with E-state index in [-0.39, 0.29) is 111 Å². The molecular weight excluding hydrogens is 533 g/mol. The quantitative estimate of drug-likeness (QED) is 0.188. The van der Waals surface area contributed by atoms with Gasteiger partial charge in [0.15, 0.2) is 5.60 Å². The van der Waals surface area contributed by atoms with Crippen molar-refractivity contribution in [1.29, 1.82) is 0 Å². The van der Waals surface area contributed by atoms with Crippen LogP contribution in [0.15, 0.2) is 70.5 Å². The molecule has 0 saturated heterocycles. The van der Waals surface area contributed by atoms with E-state index in [0.29, 0.717) is 0 Å². The van der Waals surface area contributed by atoms with E-state index < -0.39 is 53.1 Å².